The van der Waals surface area contributed by atoms with Crippen LogP contribution < -0.4 is 11.5 Å². The van der Waals surface area contributed by atoms with Crippen molar-refractivity contribution in [2.75, 3.05) is 19.8 Å². The second kappa shape index (κ2) is 16.3. The van der Waals surface area contributed by atoms with Crippen LogP contribution in [0.25, 0.3) is 0 Å². The summed E-state index contributed by atoms with van der Waals surface area (Å²) in [7, 11) is 0. The largest absolute Gasteiger partial charge is 0.381 e. The first-order valence-electron chi connectivity index (χ1n) is 9.20. The molecule has 0 aromatic carbocycles. The first-order valence-corrected chi connectivity index (χ1v) is 9.20. The number of nitrogens with two attached hydrogens (primary N) is 2. The molecule has 1 atom stereocenters. The molecular formula is C18H40N2O. The first kappa shape index (κ1) is 20.9. The molecule has 0 aliphatic carbocycles. The molecule has 0 spiro atoms. The van der Waals surface area contributed by atoms with E-state index in [0.29, 0.717) is 6.54 Å². The second-order valence-corrected chi connectivity index (χ2v) is 6.75. The van der Waals surface area contributed by atoms with E-state index in [9.17, 15) is 0 Å². The van der Waals surface area contributed by atoms with Gasteiger partial charge in [0.05, 0.1) is 0 Å². The summed E-state index contributed by atoms with van der Waals surface area (Å²) in [5.74, 6) is 0.870. The van der Waals surface area contributed by atoms with E-state index in [1.165, 1.54) is 57.8 Å². The lowest BCUT2D eigenvalue weighted by molar-refractivity contribution is 0.122. The molecule has 0 heterocycles. The van der Waals surface area contributed by atoms with Gasteiger partial charge in [0.2, 0.25) is 0 Å². The number of unbranched alkanes of at least 4 members (excludes halogenated alkanes) is 7. The van der Waals surface area contributed by atoms with Gasteiger partial charge in [-0.15, -0.1) is 0 Å². The summed E-state index contributed by atoms with van der Waals surface area (Å²) in [4.78, 5) is 0. The van der Waals surface area contributed by atoms with Gasteiger partial charge in [-0.05, 0) is 31.7 Å². The molecule has 3 nitrogen and oxygen atoms in total. The fourth-order valence-corrected chi connectivity index (χ4v) is 2.51. The van der Waals surface area contributed by atoms with Crippen molar-refractivity contribution in [1.82, 2.24) is 0 Å². The molecule has 0 saturated carbocycles. The van der Waals surface area contributed by atoms with Crippen LogP contribution in [-0.2, 0) is 4.74 Å². The smallest absolute Gasteiger partial charge is 0.0480 e. The maximum Gasteiger partial charge on any atom is 0.0480 e. The van der Waals surface area contributed by atoms with Crippen molar-refractivity contribution in [2.45, 2.75) is 90.5 Å². The van der Waals surface area contributed by atoms with Crippen LogP contribution in [0.4, 0.5) is 0 Å². The summed E-state index contributed by atoms with van der Waals surface area (Å²) in [5.41, 5.74) is 11.3. The molecule has 0 radical (unpaired) electrons. The molecule has 21 heavy (non-hydrogen) atoms. The summed E-state index contributed by atoms with van der Waals surface area (Å²) in [6.07, 6.45) is 14.2. The minimum absolute atomic E-state index is 0.214. The maximum atomic E-state index is 5.87. The predicted octanol–water partition coefficient (Wildman–Crippen LogP) is 4.24. The average Bonchev–Trinajstić information content (AvgIpc) is 2.44. The van der Waals surface area contributed by atoms with E-state index < -0.39 is 0 Å². The Morgan fingerprint density at radius 3 is 1.86 bits per heavy atom. The zero-order valence-corrected chi connectivity index (χ0v) is 14.6. The topological polar surface area (TPSA) is 61.3 Å². The van der Waals surface area contributed by atoms with E-state index in [1.54, 1.807) is 0 Å². The molecular weight excluding hydrogens is 260 g/mol. The van der Waals surface area contributed by atoms with Crippen molar-refractivity contribution in [3.8, 4) is 0 Å². The van der Waals surface area contributed by atoms with E-state index >= 15 is 0 Å². The number of hydrogen-bond donors (Lipinski definition) is 2. The highest BCUT2D eigenvalue weighted by Crippen LogP contribution is 2.12. The third kappa shape index (κ3) is 17.8. The zero-order chi connectivity index (χ0) is 15.8. The minimum Gasteiger partial charge on any atom is -0.381 e. The van der Waals surface area contributed by atoms with Gasteiger partial charge in [-0.25, -0.2) is 0 Å². The molecule has 1 unspecified atom stereocenters. The van der Waals surface area contributed by atoms with E-state index in [-0.39, 0.29) is 6.04 Å². The quantitative estimate of drug-likeness (QED) is 0.419. The molecule has 0 aliphatic rings. The van der Waals surface area contributed by atoms with E-state index in [1.807, 2.05) is 0 Å². The van der Waals surface area contributed by atoms with Crippen molar-refractivity contribution in [3.05, 3.63) is 0 Å². The monoisotopic (exact) mass is 300 g/mol. The molecule has 0 rings (SSSR count). The van der Waals surface area contributed by atoms with Gasteiger partial charge in [0.25, 0.3) is 0 Å². The van der Waals surface area contributed by atoms with Crippen LogP contribution >= 0.6 is 0 Å². The van der Waals surface area contributed by atoms with Crippen LogP contribution in [0.1, 0.15) is 84.5 Å². The van der Waals surface area contributed by atoms with Gasteiger partial charge in [0.15, 0.2) is 0 Å². The first-order chi connectivity index (χ1) is 10.2. The number of ether oxygens (including phenoxy) is 1. The van der Waals surface area contributed by atoms with Crippen LogP contribution in [0.2, 0.25) is 0 Å². The van der Waals surface area contributed by atoms with Gasteiger partial charge in [-0.1, -0.05) is 65.2 Å². The molecule has 0 amide bonds. The fraction of sp³-hybridized carbons (Fsp3) is 1.00. The summed E-state index contributed by atoms with van der Waals surface area (Å²) in [6, 6.07) is 0.214. The molecule has 0 aromatic heterocycles. The summed E-state index contributed by atoms with van der Waals surface area (Å²) >= 11 is 0. The molecule has 128 valence electrons. The van der Waals surface area contributed by atoms with Crippen molar-refractivity contribution < 1.29 is 4.74 Å². The van der Waals surface area contributed by atoms with Crippen molar-refractivity contribution in [3.63, 3.8) is 0 Å². The van der Waals surface area contributed by atoms with Gasteiger partial charge < -0.3 is 16.2 Å². The van der Waals surface area contributed by atoms with Gasteiger partial charge in [-0.2, -0.15) is 0 Å². The van der Waals surface area contributed by atoms with Gasteiger partial charge in [0.1, 0.15) is 0 Å². The van der Waals surface area contributed by atoms with Gasteiger partial charge in [0, 0.05) is 19.3 Å². The normalized spacial score (nSPS) is 13.0. The molecule has 0 saturated heterocycles. The average molecular weight is 301 g/mol. The van der Waals surface area contributed by atoms with Crippen molar-refractivity contribution in [1.29, 1.82) is 0 Å². The highest BCUT2D eigenvalue weighted by atomic mass is 16.5. The number of rotatable bonds is 16. The Morgan fingerprint density at radius 2 is 1.29 bits per heavy atom. The standard InChI is InChI=1S/C18H40N2O/c1-17(2)11-9-7-5-3-4-6-8-10-15-21-16-13-18(20)12-14-19/h17-18H,3-16,19-20H2,1-2H3. The zero-order valence-electron chi connectivity index (χ0n) is 14.6. The summed E-state index contributed by atoms with van der Waals surface area (Å²) < 4.78 is 5.61. The van der Waals surface area contributed by atoms with Crippen molar-refractivity contribution >= 4 is 0 Å². The Balaban J connectivity index is 3.02. The van der Waals surface area contributed by atoms with Gasteiger partial charge in [-0.3, -0.25) is 0 Å². The lowest BCUT2D eigenvalue weighted by atomic mass is 10.0. The molecule has 0 fully saturated rings. The Morgan fingerprint density at radius 1 is 0.714 bits per heavy atom. The lowest BCUT2D eigenvalue weighted by Gasteiger charge is -2.10. The van der Waals surface area contributed by atoms with Crippen LogP contribution in [0.3, 0.4) is 0 Å². The van der Waals surface area contributed by atoms with Crippen LogP contribution in [-0.4, -0.2) is 25.8 Å². The predicted molar refractivity (Wildman–Crippen MR) is 93.5 cm³/mol. The Kier molecular flexibility index (Phi) is 16.2. The molecule has 4 N–H and O–H groups in total. The van der Waals surface area contributed by atoms with Crippen LogP contribution in [0.5, 0.6) is 0 Å². The lowest BCUT2D eigenvalue weighted by Crippen LogP contribution is -2.25. The third-order valence-electron chi connectivity index (χ3n) is 3.99. The number of hydrogen-bond acceptors (Lipinski definition) is 3. The van der Waals surface area contributed by atoms with Crippen LogP contribution in [0, 0.1) is 5.92 Å². The summed E-state index contributed by atoms with van der Waals surface area (Å²) in [6.45, 7) is 6.99. The highest BCUT2D eigenvalue weighted by molar-refractivity contribution is 4.60. The SMILES string of the molecule is CC(C)CCCCCCCCCCOCCC(N)CCN. The molecule has 3 heteroatoms. The minimum atomic E-state index is 0.214. The van der Waals surface area contributed by atoms with Crippen LogP contribution in [0.15, 0.2) is 0 Å². The Bertz CT molecular complexity index is 198. The Labute approximate surface area is 133 Å². The third-order valence-corrected chi connectivity index (χ3v) is 3.99. The Hall–Kier alpha value is -0.120. The van der Waals surface area contributed by atoms with E-state index in [0.717, 1.165) is 32.0 Å². The fourth-order valence-electron chi connectivity index (χ4n) is 2.51. The molecule has 0 aromatic rings. The molecule has 0 bridgehead atoms. The van der Waals surface area contributed by atoms with E-state index in [4.69, 9.17) is 16.2 Å². The van der Waals surface area contributed by atoms with E-state index in [2.05, 4.69) is 13.8 Å². The molecule has 0 aliphatic heterocycles. The second-order valence-electron chi connectivity index (χ2n) is 6.75. The maximum absolute atomic E-state index is 5.87. The summed E-state index contributed by atoms with van der Waals surface area (Å²) in [5, 5.41) is 0. The van der Waals surface area contributed by atoms with Crippen molar-refractivity contribution in [2.24, 2.45) is 17.4 Å². The van der Waals surface area contributed by atoms with Gasteiger partial charge >= 0.3 is 0 Å². The highest BCUT2D eigenvalue weighted by Gasteiger charge is 2.00.